The third kappa shape index (κ3) is 4.69. The molecule has 8 nitrogen and oxygen atoms in total. The number of likely N-dealkylation sites (tertiary alicyclic amines) is 1. The summed E-state index contributed by atoms with van der Waals surface area (Å²) in [6.45, 7) is 6.26. The molecule has 0 aromatic carbocycles. The largest absolute Gasteiger partial charge is 0.340 e. The lowest BCUT2D eigenvalue weighted by Crippen LogP contribution is -2.46. The van der Waals surface area contributed by atoms with Crippen molar-refractivity contribution in [3.63, 3.8) is 0 Å². The van der Waals surface area contributed by atoms with Gasteiger partial charge in [0.2, 0.25) is 5.91 Å². The van der Waals surface area contributed by atoms with Crippen LogP contribution in [0.4, 0.5) is 4.79 Å². The first-order chi connectivity index (χ1) is 11.4. The summed E-state index contributed by atoms with van der Waals surface area (Å²) >= 11 is 0. The van der Waals surface area contributed by atoms with Gasteiger partial charge in [0.15, 0.2) is 0 Å². The maximum Gasteiger partial charge on any atom is 0.317 e. The predicted molar refractivity (Wildman–Crippen MR) is 90.2 cm³/mol. The third-order valence-corrected chi connectivity index (χ3v) is 4.53. The second-order valence-corrected chi connectivity index (χ2v) is 6.92. The van der Waals surface area contributed by atoms with Crippen LogP contribution in [-0.2, 0) is 11.3 Å². The molecule has 1 aromatic rings. The summed E-state index contributed by atoms with van der Waals surface area (Å²) in [6, 6.07) is -0.0923. The monoisotopic (exact) mass is 336 g/mol. The molecule has 24 heavy (non-hydrogen) atoms. The van der Waals surface area contributed by atoms with E-state index in [4.69, 9.17) is 0 Å². The van der Waals surface area contributed by atoms with Gasteiger partial charge in [-0.25, -0.2) is 9.78 Å². The van der Waals surface area contributed by atoms with E-state index in [0.29, 0.717) is 32.0 Å². The van der Waals surface area contributed by atoms with Crippen LogP contribution in [-0.4, -0.2) is 69.7 Å². The Morgan fingerprint density at radius 2 is 2.08 bits per heavy atom. The number of carbonyl (C=O) groups is 2. The number of nitrogens with zero attached hydrogens (tertiary/aromatic N) is 5. The quantitative estimate of drug-likeness (QED) is 0.833. The molecule has 1 fully saturated rings. The zero-order chi connectivity index (χ0) is 17.7. The molecule has 0 radical (unpaired) electrons. The van der Waals surface area contributed by atoms with Crippen molar-refractivity contribution in [3.8, 4) is 0 Å². The molecule has 2 atom stereocenters. The number of carbonyl (C=O) groups excluding carboxylic acids is 2. The van der Waals surface area contributed by atoms with Crippen LogP contribution in [0.2, 0.25) is 0 Å². The summed E-state index contributed by atoms with van der Waals surface area (Å²) in [5, 5.41) is 7.08. The average Bonchev–Trinajstić information content (AvgIpc) is 3.16. The van der Waals surface area contributed by atoms with Gasteiger partial charge in [-0.15, -0.1) is 0 Å². The number of hydrogen-bond acceptors (Lipinski definition) is 4. The zero-order valence-electron chi connectivity index (χ0n) is 15.0. The highest BCUT2D eigenvalue weighted by Gasteiger charge is 2.37. The maximum absolute atomic E-state index is 12.5. The van der Waals surface area contributed by atoms with Crippen LogP contribution in [0.5, 0.6) is 0 Å². The van der Waals surface area contributed by atoms with Gasteiger partial charge in [0, 0.05) is 46.1 Å². The first-order valence-electron chi connectivity index (χ1n) is 8.46. The Morgan fingerprint density at radius 1 is 1.33 bits per heavy atom. The standard InChI is InChI=1S/C16H28N6O2/c1-12(2)13-8-21(9-14(13)19-16(24)20(3)4)15(23)6-5-7-22-11-17-10-18-22/h10-14H,5-9H2,1-4H3,(H,19,24)/t13-,14+/m0/s1. The van der Waals surface area contributed by atoms with Crippen molar-refractivity contribution in [1.82, 2.24) is 29.9 Å². The number of nitrogens with one attached hydrogen (secondary N) is 1. The number of amides is 3. The van der Waals surface area contributed by atoms with Gasteiger partial charge < -0.3 is 15.1 Å². The van der Waals surface area contributed by atoms with E-state index < -0.39 is 0 Å². The van der Waals surface area contributed by atoms with Crippen molar-refractivity contribution in [3.05, 3.63) is 12.7 Å². The molecule has 1 aliphatic rings. The molecule has 1 N–H and O–H groups in total. The summed E-state index contributed by atoms with van der Waals surface area (Å²) in [5.74, 6) is 0.834. The molecule has 2 heterocycles. The predicted octanol–water partition coefficient (Wildman–Crippen LogP) is 0.813. The summed E-state index contributed by atoms with van der Waals surface area (Å²) in [5.41, 5.74) is 0. The lowest BCUT2D eigenvalue weighted by molar-refractivity contribution is -0.130. The average molecular weight is 336 g/mol. The van der Waals surface area contributed by atoms with Crippen LogP contribution >= 0.6 is 0 Å². The summed E-state index contributed by atoms with van der Waals surface area (Å²) in [4.78, 5) is 31.7. The van der Waals surface area contributed by atoms with Crippen molar-refractivity contribution in [2.75, 3.05) is 27.2 Å². The lowest BCUT2D eigenvalue weighted by Gasteiger charge is -2.24. The molecule has 0 saturated carbocycles. The van der Waals surface area contributed by atoms with E-state index in [2.05, 4.69) is 29.2 Å². The molecule has 0 spiro atoms. The Labute approximate surface area is 143 Å². The van der Waals surface area contributed by atoms with Crippen LogP contribution in [0.15, 0.2) is 12.7 Å². The first kappa shape index (κ1) is 18.2. The molecular weight excluding hydrogens is 308 g/mol. The minimum Gasteiger partial charge on any atom is -0.340 e. The molecule has 1 aromatic heterocycles. The second kappa shape index (κ2) is 8.12. The molecule has 1 aliphatic heterocycles. The molecule has 0 aliphatic carbocycles. The van der Waals surface area contributed by atoms with E-state index in [-0.39, 0.29) is 23.9 Å². The maximum atomic E-state index is 12.5. The van der Waals surface area contributed by atoms with Gasteiger partial charge in [0.1, 0.15) is 12.7 Å². The van der Waals surface area contributed by atoms with Crippen LogP contribution in [0.1, 0.15) is 26.7 Å². The van der Waals surface area contributed by atoms with Gasteiger partial charge in [-0.05, 0) is 12.3 Å². The Hall–Kier alpha value is -2.12. The van der Waals surface area contributed by atoms with E-state index >= 15 is 0 Å². The Morgan fingerprint density at radius 3 is 2.67 bits per heavy atom. The molecule has 2 rings (SSSR count). The number of aryl methyl sites for hydroxylation is 1. The van der Waals surface area contributed by atoms with Crippen LogP contribution in [0.3, 0.4) is 0 Å². The normalized spacial score (nSPS) is 20.5. The second-order valence-electron chi connectivity index (χ2n) is 6.92. The van der Waals surface area contributed by atoms with Crippen molar-refractivity contribution < 1.29 is 9.59 Å². The third-order valence-electron chi connectivity index (χ3n) is 4.53. The minimum atomic E-state index is -0.105. The van der Waals surface area contributed by atoms with Gasteiger partial charge >= 0.3 is 6.03 Å². The molecule has 134 valence electrons. The molecular formula is C16H28N6O2. The SMILES string of the molecule is CC(C)[C@@H]1CN(C(=O)CCCn2cncn2)C[C@H]1NC(=O)N(C)C. The highest BCUT2D eigenvalue weighted by Crippen LogP contribution is 2.25. The van der Waals surface area contributed by atoms with Gasteiger partial charge in [-0.1, -0.05) is 13.8 Å². The van der Waals surface area contributed by atoms with Gasteiger partial charge in [0.05, 0.1) is 6.04 Å². The van der Waals surface area contributed by atoms with E-state index in [1.165, 1.54) is 11.2 Å². The Bertz CT molecular complexity index is 543. The lowest BCUT2D eigenvalue weighted by atomic mass is 9.91. The molecule has 0 unspecified atom stereocenters. The van der Waals surface area contributed by atoms with Crippen LogP contribution < -0.4 is 5.32 Å². The minimum absolute atomic E-state index is 0.0131. The fourth-order valence-corrected chi connectivity index (χ4v) is 3.05. The summed E-state index contributed by atoms with van der Waals surface area (Å²) in [7, 11) is 3.45. The smallest absolute Gasteiger partial charge is 0.317 e. The van der Waals surface area contributed by atoms with Crippen LogP contribution in [0, 0.1) is 11.8 Å². The van der Waals surface area contributed by atoms with Crippen molar-refractivity contribution in [2.45, 2.75) is 39.3 Å². The van der Waals surface area contributed by atoms with Gasteiger partial charge in [-0.3, -0.25) is 9.48 Å². The van der Waals surface area contributed by atoms with Gasteiger partial charge in [0.25, 0.3) is 0 Å². The Balaban J connectivity index is 1.86. The highest BCUT2D eigenvalue weighted by molar-refractivity contribution is 5.77. The van der Waals surface area contributed by atoms with Crippen molar-refractivity contribution >= 4 is 11.9 Å². The molecule has 0 bridgehead atoms. The Kier molecular flexibility index (Phi) is 6.16. The number of urea groups is 1. The van der Waals surface area contributed by atoms with Crippen LogP contribution in [0.25, 0.3) is 0 Å². The number of rotatable bonds is 6. The van der Waals surface area contributed by atoms with E-state index in [9.17, 15) is 9.59 Å². The fraction of sp³-hybridized carbons (Fsp3) is 0.750. The topological polar surface area (TPSA) is 83.4 Å². The van der Waals surface area contributed by atoms with E-state index in [1.807, 2.05) is 4.90 Å². The zero-order valence-corrected chi connectivity index (χ0v) is 15.0. The number of aromatic nitrogens is 3. The van der Waals surface area contributed by atoms with E-state index in [0.717, 1.165) is 6.42 Å². The van der Waals surface area contributed by atoms with Gasteiger partial charge in [-0.2, -0.15) is 5.10 Å². The first-order valence-corrected chi connectivity index (χ1v) is 8.46. The molecule has 1 saturated heterocycles. The summed E-state index contributed by atoms with van der Waals surface area (Å²) < 4.78 is 1.73. The molecule has 3 amide bonds. The van der Waals surface area contributed by atoms with Crippen molar-refractivity contribution in [2.24, 2.45) is 11.8 Å². The number of hydrogen-bond donors (Lipinski definition) is 1. The molecule has 8 heteroatoms. The fourth-order valence-electron chi connectivity index (χ4n) is 3.05. The summed E-state index contributed by atoms with van der Waals surface area (Å²) in [6.07, 6.45) is 4.37. The highest BCUT2D eigenvalue weighted by atomic mass is 16.2. The van der Waals surface area contributed by atoms with E-state index in [1.54, 1.807) is 25.1 Å². The van der Waals surface area contributed by atoms with Crippen molar-refractivity contribution in [1.29, 1.82) is 0 Å².